The van der Waals surface area contributed by atoms with Crippen LogP contribution >= 0.6 is 0 Å². The Morgan fingerprint density at radius 1 is 1.67 bits per heavy atom. The maximum absolute atomic E-state index is 11.8. The van der Waals surface area contributed by atoms with Crippen molar-refractivity contribution in [3.05, 3.63) is 0 Å². The first-order valence-corrected chi connectivity index (χ1v) is 5.71. The van der Waals surface area contributed by atoms with Gasteiger partial charge in [0.1, 0.15) is 0 Å². The number of hydrogen-bond acceptors (Lipinski definition) is 3. The molecule has 1 rings (SSSR count). The molecule has 1 aliphatic rings. The summed E-state index contributed by atoms with van der Waals surface area (Å²) in [7, 11) is 0. The van der Waals surface area contributed by atoms with Gasteiger partial charge in [0, 0.05) is 19.3 Å². The number of aliphatic hydroxyl groups excluding tert-OH is 1. The third-order valence-corrected chi connectivity index (χ3v) is 3.03. The van der Waals surface area contributed by atoms with Gasteiger partial charge in [-0.1, -0.05) is 6.92 Å². The number of ether oxygens (including phenoxy) is 1. The maximum atomic E-state index is 11.8. The van der Waals surface area contributed by atoms with Crippen molar-refractivity contribution >= 4 is 5.91 Å². The Kier molecular flexibility index (Phi) is 5.05. The molecule has 2 N–H and O–H groups in total. The molecule has 0 aromatic rings. The quantitative estimate of drug-likeness (QED) is 0.709. The van der Waals surface area contributed by atoms with E-state index in [4.69, 9.17) is 9.84 Å². The average molecular weight is 215 g/mol. The molecular weight excluding hydrogens is 194 g/mol. The van der Waals surface area contributed by atoms with E-state index >= 15 is 0 Å². The molecule has 3 atom stereocenters. The summed E-state index contributed by atoms with van der Waals surface area (Å²) in [5.74, 6) is 0.0537. The number of carbonyl (C=O) groups excluding carboxylic acids is 1. The minimum Gasteiger partial charge on any atom is -0.396 e. The summed E-state index contributed by atoms with van der Waals surface area (Å²) in [4.78, 5) is 11.8. The Hall–Kier alpha value is -0.610. The van der Waals surface area contributed by atoms with Crippen LogP contribution in [0.2, 0.25) is 0 Å². The molecule has 0 bridgehead atoms. The van der Waals surface area contributed by atoms with Gasteiger partial charge in [-0.05, 0) is 26.2 Å². The molecule has 0 saturated carbocycles. The van der Waals surface area contributed by atoms with Gasteiger partial charge in [-0.25, -0.2) is 0 Å². The van der Waals surface area contributed by atoms with Gasteiger partial charge in [0.15, 0.2) is 0 Å². The zero-order valence-electron chi connectivity index (χ0n) is 9.53. The molecule has 15 heavy (non-hydrogen) atoms. The molecule has 0 aromatic heterocycles. The molecule has 88 valence electrons. The van der Waals surface area contributed by atoms with E-state index in [2.05, 4.69) is 5.32 Å². The molecular formula is C11H21NO3. The summed E-state index contributed by atoms with van der Waals surface area (Å²) in [5, 5.41) is 11.8. The van der Waals surface area contributed by atoms with Crippen LogP contribution in [0.5, 0.6) is 0 Å². The fourth-order valence-electron chi connectivity index (χ4n) is 1.92. The summed E-state index contributed by atoms with van der Waals surface area (Å²) in [5.41, 5.74) is 0. The Morgan fingerprint density at radius 3 is 2.87 bits per heavy atom. The Labute approximate surface area is 91.0 Å². The van der Waals surface area contributed by atoms with E-state index in [-0.39, 0.29) is 30.6 Å². The van der Waals surface area contributed by atoms with Gasteiger partial charge in [-0.2, -0.15) is 0 Å². The highest BCUT2D eigenvalue weighted by atomic mass is 16.5. The Bertz CT molecular complexity index is 208. The zero-order chi connectivity index (χ0) is 11.3. The first-order chi connectivity index (χ1) is 7.19. The van der Waals surface area contributed by atoms with Crippen LogP contribution < -0.4 is 5.32 Å². The standard InChI is InChI=1S/C11H21NO3/c1-3-9(4-6-13)12-11(14)10-5-7-15-8(10)2/h8-10,13H,3-7H2,1-2H3,(H,12,14). The molecule has 4 nitrogen and oxygen atoms in total. The van der Waals surface area contributed by atoms with E-state index in [0.29, 0.717) is 13.0 Å². The second kappa shape index (κ2) is 6.08. The molecule has 1 fully saturated rings. The summed E-state index contributed by atoms with van der Waals surface area (Å²) >= 11 is 0. The van der Waals surface area contributed by atoms with Crippen molar-refractivity contribution in [3.8, 4) is 0 Å². The van der Waals surface area contributed by atoms with Gasteiger partial charge in [0.25, 0.3) is 0 Å². The van der Waals surface area contributed by atoms with E-state index in [1.54, 1.807) is 0 Å². The van der Waals surface area contributed by atoms with Crippen molar-refractivity contribution in [1.82, 2.24) is 5.32 Å². The highest BCUT2D eigenvalue weighted by Gasteiger charge is 2.31. The normalized spacial score (nSPS) is 27.7. The summed E-state index contributed by atoms with van der Waals surface area (Å²) in [6.45, 7) is 4.74. The predicted molar refractivity (Wildman–Crippen MR) is 57.4 cm³/mol. The first-order valence-electron chi connectivity index (χ1n) is 5.71. The van der Waals surface area contributed by atoms with Gasteiger partial charge >= 0.3 is 0 Å². The van der Waals surface area contributed by atoms with Gasteiger partial charge in [-0.3, -0.25) is 4.79 Å². The number of carbonyl (C=O) groups is 1. The summed E-state index contributed by atoms with van der Waals surface area (Å²) < 4.78 is 5.35. The molecule has 1 saturated heterocycles. The largest absolute Gasteiger partial charge is 0.396 e. The Balaban J connectivity index is 2.39. The minimum atomic E-state index is -0.0160. The third kappa shape index (κ3) is 3.47. The van der Waals surface area contributed by atoms with Crippen molar-refractivity contribution in [2.24, 2.45) is 5.92 Å². The zero-order valence-corrected chi connectivity index (χ0v) is 9.53. The molecule has 0 aromatic carbocycles. The highest BCUT2D eigenvalue weighted by molar-refractivity contribution is 5.79. The first kappa shape index (κ1) is 12.5. The summed E-state index contributed by atoms with van der Waals surface area (Å²) in [6.07, 6.45) is 2.32. The van der Waals surface area contributed by atoms with Crippen molar-refractivity contribution in [1.29, 1.82) is 0 Å². The third-order valence-electron chi connectivity index (χ3n) is 3.03. The number of hydrogen-bond donors (Lipinski definition) is 2. The van der Waals surface area contributed by atoms with Gasteiger partial charge in [0.05, 0.1) is 12.0 Å². The van der Waals surface area contributed by atoms with Crippen LogP contribution in [0.4, 0.5) is 0 Å². The lowest BCUT2D eigenvalue weighted by molar-refractivity contribution is -0.127. The number of aliphatic hydroxyl groups is 1. The number of nitrogens with one attached hydrogen (secondary N) is 1. The molecule has 1 heterocycles. The van der Waals surface area contributed by atoms with Crippen LogP contribution in [0, 0.1) is 5.92 Å². The molecule has 0 spiro atoms. The van der Waals surface area contributed by atoms with Crippen molar-refractivity contribution in [3.63, 3.8) is 0 Å². The highest BCUT2D eigenvalue weighted by Crippen LogP contribution is 2.20. The van der Waals surface area contributed by atoms with Gasteiger partial charge in [0.2, 0.25) is 5.91 Å². The van der Waals surface area contributed by atoms with Gasteiger partial charge < -0.3 is 15.2 Å². The Morgan fingerprint density at radius 2 is 2.40 bits per heavy atom. The van der Waals surface area contributed by atoms with Crippen LogP contribution in [-0.2, 0) is 9.53 Å². The van der Waals surface area contributed by atoms with E-state index < -0.39 is 0 Å². The van der Waals surface area contributed by atoms with Crippen LogP contribution in [0.1, 0.15) is 33.1 Å². The maximum Gasteiger partial charge on any atom is 0.226 e. The predicted octanol–water partition coefficient (Wildman–Crippen LogP) is 0.689. The lowest BCUT2D eigenvalue weighted by atomic mass is 10.0. The molecule has 3 unspecified atom stereocenters. The van der Waals surface area contributed by atoms with E-state index in [0.717, 1.165) is 12.8 Å². The number of amides is 1. The van der Waals surface area contributed by atoms with Crippen LogP contribution in [-0.4, -0.2) is 36.4 Å². The van der Waals surface area contributed by atoms with Crippen molar-refractivity contribution in [2.45, 2.75) is 45.3 Å². The fourth-order valence-corrected chi connectivity index (χ4v) is 1.92. The molecule has 4 heteroatoms. The lowest BCUT2D eigenvalue weighted by Crippen LogP contribution is -2.41. The molecule has 1 aliphatic heterocycles. The molecule has 1 amide bonds. The molecule has 0 aliphatic carbocycles. The monoisotopic (exact) mass is 215 g/mol. The van der Waals surface area contributed by atoms with Gasteiger partial charge in [-0.15, -0.1) is 0 Å². The fraction of sp³-hybridized carbons (Fsp3) is 0.909. The van der Waals surface area contributed by atoms with E-state index in [9.17, 15) is 4.79 Å². The van der Waals surface area contributed by atoms with Crippen molar-refractivity contribution < 1.29 is 14.6 Å². The number of rotatable bonds is 5. The second-order valence-corrected chi connectivity index (χ2v) is 4.10. The summed E-state index contributed by atoms with van der Waals surface area (Å²) in [6, 6.07) is 0.0929. The van der Waals surface area contributed by atoms with Crippen LogP contribution in [0.15, 0.2) is 0 Å². The SMILES string of the molecule is CCC(CCO)NC(=O)C1CCOC1C. The van der Waals surface area contributed by atoms with Crippen molar-refractivity contribution in [2.75, 3.05) is 13.2 Å². The second-order valence-electron chi connectivity index (χ2n) is 4.10. The average Bonchev–Trinajstić information content (AvgIpc) is 2.63. The van der Waals surface area contributed by atoms with E-state index in [1.165, 1.54) is 0 Å². The van der Waals surface area contributed by atoms with Crippen LogP contribution in [0.3, 0.4) is 0 Å². The van der Waals surface area contributed by atoms with E-state index in [1.807, 2.05) is 13.8 Å². The smallest absolute Gasteiger partial charge is 0.226 e. The minimum absolute atomic E-state index is 0.0160. The molecule has 0 radical (unpaired) electrons. The topological polar surface area (TPSA) is 58.6 Å². The van der Waals surface area contributed by atoms with Crippen LogP contribution in [0.25, 0.3) is 0 Å². The lowest BCUT2D eigenvalue weighted by Gasteiger charge is -2.20.